The van der Waals surface area contributed by atoms with E-state index < -0.39 is 41.0 Å². The second-order valence-electron chi connectivity index (χ2n) is 20.6. The third-order valence-corrected chi connectivity index (χ3v) is 14.4. The number of nitrogens with one attached hydrogen (secondary N) is 3. The van der Waals surface area contributed by atoms with Crippen LogP contribution in [0.3, 0.4) is 0 Å². The summed E-state index contributed by atoms with van der Waals surface area (Å²) in [6, 6.07) is 19.4. The third kappa shape index (κ3) is 12.7. The highest BCUT2D eigenvalue weighted by molar-refractivity contribution is 7.13. The highest BCUT2D eigenvalue weighted by Crippen LogP contribution is 2.29. The van der Waals surface area contributed by atoms with Crippen LogP contribution in [0, 0.1) is 12.3 Å². The van der Waals surface area contributed by atoms with Crippen LogP contribution in [0.15, 0.2) is 95.9 Å². The molecule has 4 aromatic heterocycles. The van der Waals surface area contributed by atoms with Crippen molar-refractivity contribution < 1.29 is 29.3 Å². The first-order valence-corrected chi connectivity index (χ1v) is 26.0. The van der Waals surface area contributed by atoms with E-state index in [1.54, 1.807) is 54.1 Å². The second kappa shape index (κ2) is 23.1. The predicted molar refractivity (Wildman–Crippen MR) is 286 cm³/mol. The van der Waals surface area contributed by atoms with Crippen LogP contribution >= 0.6 is 11.3 Å². The largest absolute Gasteiger partial charge is 0.391 e. The Labute approximate surface area is 435 Å². The second-order valence-corrected chi connectivity index (χ2v) is 21.4. The molecule has 0 spiro atoms. The minimum Gasteiger partial charge on any atom is -0.391 e. The Kier molecular flexibility index (Phi) is 16.7. The molecule has 2 unspecified atom stereocenters. The van der Waals surface area contributed by atoms with Gasteiger partial charge in [0.25, 0.3) is 5.56 Å². The molecule has 19 nitrogen and oxygen atoms in total. The summed E-state index contributed by atoms with van der Waals surface area (Å²) in [6.07, 6.45) is 4.05. The molecule has 20 heteroatoms. The van der Waals surface area contributed by atoms with Crippen molar-refractivity contribution in [1.82, 2.24) is 49.7 Å². The number of rotatable bonds is 20. The number of ether oxygens (including phenoxy) is 1. The number of thiazole rings is 1. The fourth-order valence-electron chi connectivity index (χ4n) is 9.29. The molecule has 8 rings (SSSR count). The number of carbonyl (C=O) groups excluding carboxylic acids is 3. The highest BCUT2D eigenvalue weighted by Gasteiger charge is 2.44. The monoisotopic (exact) mass is 1030 g/mol. The average molecular weight is 1030 g/mol. The molecular formula is C54H68N12O7S. The number of aryl methyl sites for hydroxylation is 1. The van der Waals surface area contributed by atoms with Gasteiger partial charge in [0, 0.05) is 69.9 Å². The maximum Gasteiger partial charge on any atom is 0.278 e. The van der Waals surface area contributed by atoms with E-state index in [1.807, 2.05) is 69.6 Å². The number of carbonyl (C=O) groups is 3. The molecule has 2 aliphatic heterocycles. The highest BCUT2D eigenvalue weighted by atomic mass is 32.1. The van der Waals surface area contributed by atoms with Gasteiger partial charge >= 0.3 is 0 Å². The predicted octanol–water partition coefficient (Wildman–Crippen LogP) is 5.29. The van der Waals surface area contributed by atoms with E-state index in [0.717, 1.165) is 78.6 Å². The summed E-state index contributed by atoms with van der Waals surface area (Å²) in [7, 11) is 0. The molecule has 2 aliphatic rings. The van der Waals surface area contributed by atoms with Crippen LogP contribution in [0.4, 0.5) is 17.3 Å². The molecule has 3 amide bonds. The normalized spacial score (nSPS) is 16.9. The number of aliphatic hydroxyl groups excluding tert-OH is 1. The molecule has 74 heavy (non-hydrogen) atoms. The Morgan fingerprint density at radius 2 is 1.70 bits per heavy atom. The number of allylic oxidation sites excluding steroid dienone is 1. The van der Waals surface area contributed by atoms with Gasteiger partial charge in [0.15, 0.2) is 11.5 Å². The number of β-amino-alcohol motifs (C(OH)–C–C–N with tert-alkyl or cyclic N) is 1. The van der Waals surface area contributed by atoms with Crippen molar-refractivity contribution in [3.63, 3.8) is 0 Å². The lowest BCUT2D eigenvalue weighted by Crippen LogP contribution is -2.58. The lowest BCUT2D eigenvalue weighted by atomic mass is 9.85. The Hall–Kier alpha value is -6.84. The number of piperazine rings is 1. The summed E-state index contributed by atoms with van der Waals surface area (Å²) < 4.78 is 8.89. The molecule has 2 fully saturated rings. The molecule has 0 aliphatic carbocycles. The maximum atomic E-state index is 14.1. The number of aliphatic hydroxyl groups is 2. The van der Waals surface area contributed by atoms with E-state index >= 15 is 0 Å². The van der Waals surface area contributed by atoms with Crippen LogP contribution in [-0.2, 0) is 37.8 Å². The number of anilines is 3. The molecule has 2 saturated heterocycles. The van der Waals surface area contributed by atoms with Gasteiger partial charge in [-0.1, -0.05) is 57.2 Å². The van der Waals surface area contributed by atoms with E-state index in [1.165, 1.54) is 15.8 Å². The Balaban J connectivity index is 0.756. The average Bonchev–Trinajstić information content (AvgIpc) is 4.07. The molecule has 0 bridgehead atoms. The summed E-state index contributed by atoms with van der Waals surface area (Å²) in [4.78, 5) is 79.6. The Morgan fingerprint density at radius 1 is 0.959 bits per heavy atom. The van der Waals surface area contributed by atoms with Gasteiger partial charge in [-0.3, -0.25) is 24.1 Å². The van der Waals surface area contributed by atoms with Crippen molar-refractivity contribution >= 4 is 57.4 Å². The number of hydrogen-bond donors (Lipinski definition) is 5. The summed E-state index contributed by atoms with van der Waals surface area (Å²) in [5.74, 6) is -0.456. The first-order valence-electron chi connectivity index (χ1n) is 25.1. The number of nitrogens with zero attached hydrogens (tertiary/aromatic N) is 9. The lowest BCUT2D eigenvalue weighted by molar-refractivity contribution is -0.144. The summed E-state index contributed by atoms with van der Waals surface area (Å²) in [6.45, 7) is 19.8. The SMILES string of the molecule is C=CCn1c(=O)c2cnc(Nc3ccc(N4CCN(CCCCOCC(=O)N[C@H](C(=O)N5CC(O)CC5C(=O)NCc5ccc(-c6scnc6C)cc5)C(C)(C)C)CC4)cc3)nc2n1-c1cccc(C(C)(C)O)n1. The number of unbranched alkanes of at least 4 members (excludes halogenated alkanes) is 1. The first-order chi connectivity index (χ1) is 35.4. The number of aromatic nitrogens is 6. The smallest absolute Gasteiger partial charge is 0.278 e. The van der Waals surface area contributed by atoms with E-state index in [2.05, 4.69) is 59.4 Å². The van der Waals surface area contributed by atoms with Gasteiger partial charge < -0.3 is 40.7 Å². The third-order valence-electron chi connectivity index (χ3n) is 13.4. The number of benzene rings is 2. The standard InChI is InChI=1S/C54H68N12O7S/c1-8-22-65-50(70)41-31-56-52(61-48(41)66(65)44-13-11-12-43(59-44)54(6,7)72)58-38-18-20-39(21-19-38)63-26-24-62(25-27-63)23-9-10-28-73-33-45(68)60-47(53(3,4)5)51(71)64-32-40(67)29-42(64)49(69)55-30-36-14-16-37(17-15-36)46-35(2)57-34-74-46/h8,11-21,31,34,40,42,47,67,72H,1,9-10,22-30,32-33H2,2-7H3,(H,55,69)(H,60,68)(H,56,58,61)/t40?,42?,47-/m1/s1. The van der Waals surface area contributed by atoms with Gasteiger partial charge in [0.05, 0.1) is 34.4 Å². The molecule has 392 valence electrons. The van der Waals surface area contributed by atoms with Gasteiger partial charge in [-0.25, -0.2) is 24.3 Å². The van der Waals surface area contributed by atoms with Crippen LogP contribution < -0.4 is 26.4 Å². The van der Waals surface area contributed by atoms with E-state index in [9.17, 15) is 29.4 Å². The molecule has 3 atom stereocenters. The van der Waals surface area contributed by atoms with Gasteiger partial charge in [-0.2, -0.15) is 4.98 Å². The first kappa shape index (κ1) is 53.5. The number of pyridine rings is 1. The van der Waals surface area contributed by atoms with Crippen LogP contribution in [0.25, 0.3) is 27.3 Å². The molecule has 6 heterocycles. The quantitative estimate of drug-likeness (QED) is 0.0484. The van der Waals surface area contributed by atoms with E-state index in [0.29, 0.717) is 35.1 Å². The molecule has 0 saturated carbocycles. The van der Waals surface area contributed by atoms with Gasteiger partial charge in [0.2, 0.25) is 23.7 Å². The Bertz CT molecular complexity index is 2990. The van der Waals surface area contributed by atoms with Crippen molar-refractivity contribution in [3.05, 3.63) is 118 Å². The summed E-state index contributed by atoms with van der Waals surface area (Å²) in [5.41, 5.74) is 5.29. The van der Waals surface area contributed by atoms with Crippen molar-refractivity contribution in [2.45, 2.75) is 97.7 Å². The number of likely N-dealkylation sites (tertiary alicyclic amines) is 1. The van der Waals surface area contributed by atoms with Crippen LogP contribution in [0.5, 0.6) is 0 Å². The molecule has 6 aromatic rings. The van der Waals surface area contributed by atoms with Gasteiger partial charge in [-0.05, 0) is 93.1 Å². The summed E-state index contributed by atoms with van der Waals surface area (Å²) >= 11 is 1.58. The molecule has 5 N–H and O–H groups in total. The van der Waals surface area contributed by atoms with Crippen molar-refractivity contribution in [2.24, 2.45) is 5.41 Å². The van der Waals surface area contributed by atoms with Gasteiger partial charge in [-0.15, -0.1) is 17.9 Å². The fraction of sp³-hybridized carbons (Fsp3) is 0.444. The number of fused-ring (bicyclic) bond motifs is 1. The van der Waals surface area contributed by atoms with Crippen molar-refractivity contribution in [1.29, 1.82) is 0 Å². The fourth-order valence-corrected chi connectivity index (χ4v) is 10.1. The van der Waals surface area contributed by atoms with Crippen LogP contribution in [0.1, 0.15) is 70.8 Å². The zero-order valence-corrected chi connectivity index (χ0v) is 43.9. The number of hydrogen-bond acceptors (Lipinski definition) is 15. The molecule has 0 radical (unpaired) electrons. The molecular weight excluding hydrogens is 961 g/mol. The zero-order valence-electron chi connectivity index (χ0n) is 43.1. The van der Waals surface area contributed by atoms with Crippen molar-refractivity contribution in [3.8, 4) is 16.3 Å². The van der Waals surface area contributed by atoms with Crippen LogP contribution in [-0.4, -0.2) is 138 Å². The minimum atomic E-state index is -1.19. The topological polar surface area (TPSA) is 225 Å². The minimum absolute atomic E-state index is 0.00303. The van der Waals surface area contributed by atoms with E-state index in [4.69, 9.17) is 9.72 Å². The van der Waals surface area contributed by atoms with Crippen molar-refractivity contribution in [2.75, 3.05) is 62.7 Å². The Morgan fingerprint density at radius 3 is 2.38 bits per heavy atom. The van der Waals surface area contributed by atoms with Crippen LogP contribution in [0.2, 0.25) is 0 Å². The van der Waals surface area contributed by atoms with Gasteiger partial charge in [0.1, 0.15) is 29.7 Å². The maximum absolute atomic E-state index is 14.1. The zero-order chi connectivity index (χ0) is 52.7. The van der Waals surface area contributed by atoms with E-state index in [-0.39, 0.29) is 44.1 Å². The summed E-state index contributed by atoms with van der Waals surface area (Å²) in [5, 5.41) is 30.7. The number of amides is 3. The lowest BCUT2D eigenvalue weighted by Gasteiger charge is -2.36. The molecule has 2 aromatic carbocycles.